The average molecular weight is 224 g/mol. The summed E-state index contributed by atoms with van der Waals surface area (Å²) < 4.78 is 12.8. The lowest BCUT2D eigenvalue weighted by molar-refractivity contribution is -0.119. The van der Waals surface area contributed by atoms with Crippen LogP contribution in [0.3, 0.4) is 0 Å². The Morgan fingerprint density at radius 1 is 1.44 bits per heavy atom. The molecule has 0 fully saturated rings. The second kappa shape index (κ2) is 5.07. The zero-order chi connectivity index (χ0) is 12.2. The molecule has 0 aliphatic heterocycles. The molecule has 0 saturated carbocycles. The van der Waals surface area contributed by atoms with Crippen LogP contribution in [-0.2, 0) is 10.3 Å². The first kappa shape index (κ1) is 12.6. The standard InChI is InChI=1S/C12H17FN2O/c1-3-15-12(2,8-11(14)16)9-4-6-10(13)7-5-9/h4-7,15H,3,8H2,1-2H3,(H2,14,16). The first-order chi connectivity index (χ1) is 7.48. The van der Waals surface area contributed by atoms with Gasteiger partial charge in [0.15, 0.2) is 0 Å². The molecule has 1 amide bonds. The van der Waals surface area contributed by atoms with Crippen molar-refractivity contribution in [1.82, 2.24) is 5.32 Å². The topological polar surface area (TPSA) is 55.1 Å². The largest absolute Gasteiger partial charge is 0.370 e. The zero-order valence-corrected chi connectivity index (χ0v) is 9.59. The van der Waals surface area contributed by atoms with E-state index in [0.29, 0.717) is 6.54 Å². The van der Waals surface area contributed by atoms with E-state index in [0.717, 1.165) is 5.56 Å². The molecule has 3 N–H and O–H groups in total. The Kier molecular flexibility index (Phi) is 4.01. The molecule has 1 rings (SSSR count). The Hall–Kier alpha value is -1.42. The molecule has 0 radical (unpaired) electrons. The van der Waals surface area contributed by atoms with Gasteiger partial charge in [-0.1, -0.05) is 19.1 Å². The molecule has 0 aliphatic rings. The first-order valence-corrected chi connectivity index (χ1v) is 5.27. The van der Waals surface area contributed by atoms with Crippen molar-refractivity contribution in [3.05, 3.63) is 35.6 Å². The summed E-state index contributed by atoms with van der Waals surface area (Å²) in [4.78, 5) is 11.0. The summed E-state index contributed by atoms with van der Waals surface area (Å²) in [6.07, 6.45) is 0.187. The minimum atomic E-state index is -0.533. The molecule has 1 aromatic carbocycles. The second-order valence-corrected chi connectivity index (χ2v) is 4.01. The Morgan fingerprint density at radius 3 is 2.44 bits per heavy atom. The number of primary amides is 1. The van der Waals surface area contributed by atoms with Gasteiger partial charge in [-0.25, -0.2) is 4.39 Å². The maximum atomic E-state index is 12.8. The van der Waals surface area contributed by atoms with Crippen molar-refractivity contribution in [2.45, 2.75) is 25.8 Å². The quantitative estimate of drug-likeness (QED) is 0.796. The van der Waals surface area contributed by atoms with Crippen molar-refractivity contribution < 1.29 is 9.18 Å². The van der Waals surface area contributed by atoms with Crippen LogP contribution in [0, 0.1) is 5.82 Å². The fraction of sp³-hybridized carbons (Fsp3) is 0.417. The van der Waals surface area contributed by atoms with Gasteiger partial charge in [0, 0.05) is 12.0 Å². The lowest BCUT2D eigenvalue weighted by atomic mass is 9.88. The van der Waals surface area contributed by atoms with Gasteiger partial charge in [-0.15, -0.1) is 0 Å². The number of nitrogens with two attached hydrogens (primary N) is 1. The Bertz CT molecular complexity index is 364. The van der Waals surface area contributed by atoms with E-state index >= 15 is 0 Å². The highest BCUT2D eigenvalue weighted by atomic mass is 19.1. The van der Waals surface area contributed by atoms with Gasteiger partial charge in [0.1, 0.15) is 5.82 Å². The van der Waals surface area contributed by atoms with E-state index in [1.165, 1.54) is 12.1 Å². The molecule has 0 heterocycles. The van der Waals surface area contributed by atoms with Crippen LogP contribution < -0.4 is 11.1 Å². The van der Waals surface area contributed by atoms with Gasteiger partial charge in [0.05, 0.1) is 0 Å². The van der Waals surface area contributed by atoms with Crippen molar-refractivity contribution >= 4 is 5.91 Å². The van der Waals surface area contributed by atoms with Crippen molar-refractivity contribution in [2.75, 3.05) is 6.54 Å². The second-order valence-electron chi connectivity index (χ2n) is 4.01. The normalized spacial score (nSPS) is 14.4. The van der Waals surface area contributed by atoms with Crippen LogP contribution in [0.5, 0.6) is 0 Å². The van der Waals surface area contributed by atoms with Crippen molar-refractivity contribution in [1.29, 1.82) is 0 Å². The molecule has 0 saturated heterocycles. The summed E-state index contributed by atoms with van der Waals surface area (Å²) in [5.41, 5.74) is 5.55. The van der Waals surface area contributed by atoms with Crippen molar-refractivity contribution in [3.63, 3.8) is 0 Å². The third-order valence-electron chi connectivity index (χ3n) is 2.58. The highest BCUT2D eigenvalue weighted by molar-refractivity contribution is 5.75. The molecule has 0 bridgehead atoms. The van der Waals surface area contributed by atoms with E-state index < -0.39 is 5.54 Å². The van der Waals surface area contributed by atoms with E-state index in [2.05, 4.69) is 5.32 Å². The predicted molar refractivity (Wildman–Crippen MR) is 61.2 cm³/mol. The maximum Gasteiger partial charge on any atom is 0.219 e. The molecular weight excluding hydrogens is 207 g/mol. The number of carbonyl (C=O) groups excluding carboxylic acids is 1. The van der Waals surface area contributed by atoms with Gasteiger partial charge in [0.2, 0.25) is 5.91 Å². The van der Waals surface area contributed by atoms with E-state index in [1.807, 2.05) is 13.8 Å². The summed E-state index contributed by atoms with van der Waals surface area (Å²) in [5.74, 6) is -0.672. The van der Waals surface area contributed by atoms with Crippen LogP contribution in [0.1, 0.15) is 25.8 Å². The molecule has 0 aromatic heterocycles. The van der Waals surface area contributed by atoms with E-state index in [1.54, 1.807) is 12.1 Å². The van der Waals surface area contributed by atoms with Gasteiger partial charge in [-0.3, -0.25) is 4.79 Å². The third-order valence-corrected chi connectivity index (χ3v) is 2.58. The van der Waals surface area contributed by atoms with Gasteiger partial charge in [0.25, 0.3) is 0 Å². The van der Waals surface area contributed by atoms with Gasteiger partial charge in [-0.05, 0) is 31.2 Å². The number of hydrogen-bond acceptors (Lipinski definition) is 2. The average Bonchev–Trinajstić information content (AvgIpc) is 2.17. The number of rotatable bonds is 5. The Balaban J connectivity index is 3.00. The highest BCUT2D eigenvalue weighted by Gasteiger charge is 2.27. The molecule has 1 unspecified atom stereocenters. The molecule has 3 nitrogen and oxygen atoms in total. The highest BCUT2D eigenvalue weighted by Crippen LogP contribution is 2.24. The number of halogens is 1. The smallest absolute Gasteiger partial charge is 0.219 e. The van der Waals surface area contributed by atoms with Gasteiger partial charge in [-0.2, -0.15) is 0 Å². The summed E-state index contributed by atoms with van der Waals surface area (Å²) in [6, 6.07) is 6.10. The Labute approximate surface area is 94.8 Å². The number of nitrogens with one attached hydrogen (secondary N) is 1. The van der Waals surface area contributed by atoms with E-state index in [-0.39, 0.29) is 18.1 Å². The van der Waals surface area contributed by atoms with Crippen molar-refractivity contribution in [3.8, 4) is 0 Å². The number of hydrogen-bond donors (Lipinski definition) is 2. The molecule has 16 heavy (non-hydrogen) atoms. The predicted octanol–water partition coefficient (Wildman–Crippen LogP) is 1.53. The minimum Gasteiger partial charge on any atom is -0.370 e. The molecule has 0 aliphatic carbocycles. The lowest BCUT2D eigenvalue weighted by Gasteiger charge is -2.30. The van der Waals surface area contributed by atoms with Crippen molar-refractivity contribution in [2.24, 2.45) is 5.73 Å². The van der Waals surface area contributed by atoms with Crippen LogP contribution in [0.25, 0.3) is 0 Å². The summed E-state index contributed by atoms with van der Waals surface area (Å²) in [5, 5.41) is 3.20. The van der Waals surface area contributed by atoms with Gasteiger partial charge >= 0.3 is 0 Å². The summed E-state index contributed by atoms with van der Waals surface area (Å²) in [6.45, 7) is 4.54. The van der Waals surface area contributed by atoms with E-state index in [9.17, 15) is 9.18 Å². The van der Waals surface area contributed by atoms with Crippen LogP contribution in [0.15, 0.2) is 24.3 Å². The SMILES string of the molecule is CCNC(C)(CC(N)=O)c1ccc(F)cc1. The maximum absolute atomic E-state index is 12.8. The summed E-state index contributed by atoms with van der Waals surface area (Å²) >= 11 is 0. The third kappa shape index (κ3) is 3.03. The zero-order valence-electron chi connectivity index (χ0n) is 9.59. The molecular formula is C12H17FN2O. The molecule has 1 atom stereocenters. The summed E-state index contributed by atoms with van der Waals surface area (Å²) in [7, 11) is 0. The molecule has 0 spiro atoms. The number of amides is 1. The van der Waals surface area contributed by atoms with Crippen LogP contribution >= 0.6 is 0 Å². The van der Waals surface area contributed by atoms with Crippen LogP contribution in [0.2, 0.25) is 0 Å². The first-order valence-electron chi connectivity index (χ1n) is 5.27. The molecule has 88 valence electrons. The van der Waals surface area contributed by atoms with E-state index in [4.69, 9.17) is 5.73 Å². The fourth-order valence-electron chi connectivity index (χ4n) is 1.82. The number of benzene rings is 1. The lowest BCUT2D eigenvalue weighted by Crippen LogP contribution is -2.42. The number of carbonyl (C=O) groups is 1. The molecule has 4 heteroatoms. The Morgan fingerprint density at radius 2 is 2.00 bits per heavy atom. The minimum absolute atomic E-state index is 0.187. The van der Waals surface area contributed by atoms with Gasteiger partial charge < -0.3 is 11.1 Å². The van der Waals surface area contributed by atoms with Crippen LogP contribution in [0.4, 0.5) is 4.39 Å². The van der Waals surface area contributed by atoms with Crippen LogP contribution in [-0.4, -0.2) is 12.5 Å². The molecule has 1 aromatic rings. The fourth-order valence-corrected chi connectivity index (χ4v) is 1.82. The monoisotopic (exact) mass is 224 g/mol.